The molecule has 1 unspecified atom stereocenters. The number of nitrogens with zero attached hydrogens (tertiary/aromatic N) is 2. The van der Waals surface area contributed by atoms with Crippen LogP contribution in [0.2, 0.25) is 0 Å². The smallest absolute Gasteiger partial charge is 0.253 e. The lowest BCUT2D eigenvalue weighted by molar-refractivity contribution is -0.118. The number of hydrogen-bond acceptors (Lipinski definition) is 5. The lowest BCUT2D eigenvalue weighted by Gasteiger charge is -2.23. The van der Waals surface area contributed by atoms with Gasteiger partial charge in [0.1, 0.15) is 6.04 Å². The minimum Gasteiger partial charge on any atom is -0.336 e. The Morgan fingerprint density at radius 3 is 2.50 bits per heavy atom. The number of rotatable bonds is 6. The van der Waals surface area contributed by atoms with E-state index in [1.165, 1.54) is 16.2 Å². The van der Waals surface area contributed by atoms with Gasteiger partial charge in [0, 0.05) is 30.0 Å². The van der Waals surface area contributed by atoms with Crippen LogP contribution in [0.3, 0.4) is 0 Å². The van der Waals surface area contributed by atoms with Crippen LogP contribution >= 0.6 is 11.3 Å². The molecular formula is C23H24N4O2S. The van der Waals surface area contributed by atoms with Crippen molar-refractivity contribution in [3.63, 3.8) is 0 Å². The molecule has 2 amide bonds. The van der Waals surface area contributed by atoms with Gasteiger partial charge in [0.2, 0.25) is 0 Å². The molecule has 3 aromatic rings. The molecule has 0 saturated carbocycles. The summed E-state index contributed by atoms with van der Waals surface area (Å²) in [6.45, 7) is 5.00. The van der Waals surface area contributed by atoms with Crippen molar-refractivity contribution >= 4 is 28.3 Å². The van der Waals surface area contributed by atoms with Gasteiger partial charge in [-0.25, -0.2) is 4.98 Å². The summed E-state index contributed by atoms with van der Waals surface area (Å²) in [6.07, 6.45) is 0.891. The molecule has 0 bridgehead atoms. The summed E-state index contributed by atoms with van der Waals surface area (Å²) in [7, 11) is 0. The Morgan fingerprint density at radius 1 is 1.10 bits per heavy atom. The predicted octanol–water partition coefficient (Wildman–Crippen LogP) is 3.63. The molecule has 7 heteroatoms. The van der Waals surface area contributed by atoms with Crippen LogP contribution in [0.1, 0.15) is 39.5 Å². The number of carbonyl (C=O) groups excluding carboxylic acids is 2. The first-order valence-corrected chi connectivity index (χ1v) is 10.9. The Bertz CT molecular complexity index is 1020. The van der Waals surface area contributed by atoms with E-state index in [1.54, 1.807) is 24.3 Å². The number of carbonyl (C=O) groups is 2. The molecule has 0 radical (unpaired) electrons. The van der Waals surface area contributed by atoms with Gasteiger partial charge in [0.05, 0.1) is 5.69 Å². The zero-order valence-electron chi connectivity index (χ0n) is 16.8. The highest BCUT2D eigenvalue weighted by molar-refractivity contribution is 7.15. The van der Waals surface area contributed by atoms with Gasteiger partial charge in [-0.3, -0.25) is 19.8 Å². The maximum absolute atomic E-state index is 13.1. The lowest BCUT2D eigenvalue weighted by Crippen LogP contribution is -2.37. The van der Waals surface area contributed by atoms with E-state index in [2.05, 4.69) is 27.4 Å². The van der Waals surface area contributed by atoms with Gasteiger partial charge in [-0.1, -0.05) is 55.5 Å². The van der Waals surface area contributed by atoms with Gasteiger partial charge in [-0.05, 0) is 24.2 Å². The Morgan fingerprint density at radius 2 is 1.80 bits per heavy atom. The fourth-order valence-corrected chi connectivity index (χ4v) is 4.55. The highest BCUT2D eigenvalue weighted by atomic mass is 32.1. The fraction of sp³-hybridized carbons (Fsp3) is 0.261. The summed E-state index contributed by atoms with van der Waals surface area (Å²) in [5.41, 5.74) is 2.29. The second-order valence-corrected chi connectivity index (χ2v) is 8.26. The first kappa shape index (κ1) is 20.3. The van der Waals surface area contributed by atoms with Crippen LogP contribution in [-0.4, -0.2) is 34.8 Å². The van der Waals surface area contributed by atoms with E-state index >= 15 is 0 Å². The summed E-state index contributed by atoms with van der Waals surface area (Å²) in [5.74, 6) is -0.597. The zero-order valence-corrected chi connectivity index (χ0v) is 17.6. The van der Waals surface area contributed by atoms with Crippen LogP contribution in [0.5, 0.6) is 0 Å². The quantitative estimate of drug-likeness (QED) is 0.639. The molecule has 154 valence electrons. The second kappa shape index (κ2) is 9.19. The first-order chi connectivity index (χ1) is 14.6. The standard InChI is InChI=1S/C23H24N4O2S/c1-2-27-14-13-18-19(15-27)30-23(24-18)26-22(29)20(16-9-5-3-6-10-16)25-21(28)17-11-7-4-8-12-17/h3-12,20H,2,13-15H2,1H3,(H,25,28)(H,24,26,29). The number of hydrogen-bond donors (Lipinski definition) is 2. The maximum atomic E-state index is 13.1. The van der Waals surface area contributed by atoms with E-state index in [0.29, 0.717) is 10.7 Å². The van der Waals surface area contributed by atoms with Gasteiger partial charge in [-0.2, -0.15) is 0 Å². The lowest BCUT2D eigenvalue weighted by atomic mass is 10.1. The molecule has 1 aliphatic heterocycles. The van der Waals surface area contributed by atoms with Crippen molar-refractivity contribution in [3.05, 3.63) is 82.4 Å². The molecule has 30 heavy (non-hydrogen) atoms. The summed E-state index contributed by atoms with van der Waals surface area (Å²) >= 11 is 1.51. The topological polar surface area (TPSA) is 74.3 Å². The number of nitrogens with one attached hydrogen (secondary N) is 2. The molecule has 4 rings (SSSR count). The molecule has 2 heterocycles. The Hall–Kier alpha value is -3.03. The molecule has 0 aliphatic carbocycles. The number of benzene rings is 2. The van der Waals surface area contributed by atoms with Crippen molar-refractivity contribution in [2.75, 3.05) is 18.4 Å². The van der Waals surface area contributed by atoms with E-state index in [0.717, 1.165) is 37.3 Å². The van der Waals surface area contributed by atoms with Crippen molar-refractivity contribution in [2.45, 2.75) is 25.9 Å². The molecule has 1 atom stereocenters. The summed E-state index contributed by atoms with van der Waals surface area (Å²) in [5, 5.41) is 6.37. The number of aromatic nitrogens is 1. The predicted molar refractivity (Wildman–Crippen MR) is 118 cm³/mol. The van der Waals surface area contributed by atoms with Crippen molar-refractivity contribution < 1.29 is 9.59 Å². The molecule has 1 aromatic heterocycles. The SMILES string of the molecule is CCN1CCc2nc(NC(=O)C(NC(=O)c3ccccc3)c3ccccc3)sc2C1. The van der Waals surface area contributed by atoms with Gasteiger partial charge in [-0.15, -0.1) is 11.3 Å². The van der Waals surface area contributed by atoms with E-state index in [-0.39, 0.29) is 11.8 Å². The minimum absolute atomic E-state index is 0.295. The Balaban J connectivity index is 1.53. The van der Waals surface area contributed by atoms with Crippen LogP contribution in [0, 0.1) is 0 Å². The molecule has 2 aromatic carbocycles. The summed E-state index contributed by atoms with van der Waals surface area (Å²) < 4.78 is 0. The molecule has 0 saturated heterocycles. The second-order valence-electron chi connectivity index (χ2n) is 7.18. The third-order valence-corrected chi connectivity index (χ3v) is 6.19. The average molecular weight is 421 g/mol. The van der Waals surface area contributed by atoms with Crippen LogP contribution in [0.15, 0.2) is 60.7 Å². The van der Waals surface area contributed by atoms with E-state index in [9.17, 15) is 9.59 Å². The van der Waals surface area contributed by atoms with E-state index in [1.807, 2.05) is 36.4 Å². The van der Waals surface area contributed by atoms with Crippen LogP contribution in [0.4, 0.5) is 5.13 Å². The molecule has 1 aliphatic rings. The minimum atomic E-state index is -0.813. The molecule has 0 fully saturated rings. The van der Waals surface area contributed by atoms with Crippen molar-refractivity contribution in [1.82, 2.24) is 15.2 Å². The fourth-order valence-electron chi connectivity index (χ4n) is 3.50. The largest absolute Gasteiger partial charge is 0.336 e. The average Bonchev–Trinajstić information content (AvgIpc) is 3.19. The molecule has 6 nitrogen and oxygen atoms in total. The normalized spacial score (nSPS) is 14.6. The molecule has 2 N–H and O–H groups in total. The third-order valence-electron chi connectivity index (χ3n) is 5.19. The number of amides is 2. The number of fused-ring (bicyclic) bond motifs is 1. The zero-order chi connectivity index (χ0) is 20.9. The van der Waals surface area contributed by atoms with Gasteiger partial charge < -0.3 is 5.32 Å². The highest BCUT2D eigenvalue weighted by Gasteiger charge is 2.26. The van der Waals surface area contributed by atoms with Crippen LogP contribution < -0.4 is 10.6 Å². The van der Waals surface area contributed by atoms with Gasteiger partial charge >= 0.3 is 0 Å². The maximum Gasteiger partial charge on any atom is 0.253 e. The molecular weight excluding hydrogens is 396 g/mol. The number of likely N-dealkylation sites (N-methyl/N-ethyl adjacent to an activating group) is 1. The van der Waals surface area contributed by atoms with E-state index < -0.39 is 6.04 Å². The monoisotopic (exact) mass is 420 g/mol. The van der Waals surface area contributed by atoms with Gasteiger partial charge in [0.25, 0.3) is 11.8 Å². The van der Waals surface area contributed by atoms with Crippen molar-refractivity contribution in [3.8, 4) is 0 Å². The first-order valence-electron chi connectivity index (χ1n) is 10.1. The Kier molecular flexibility index (Phi) is 6.21. The van der Waals surface area contributed by atoms with Crippen molar-refractivity contribution in [2.24, 2.45) is 0 Å². The van der Waals surface area contributed by atoms with Crippen molar-refractivity contribution in [1.29, 1.82) is 0 Å². The number of anilines is 1. The highest BCUT2D eigenvalue weighted by Crippen LogP contribution is 2.29. The summed E-state index contributed by atoms with van der Waals surface area (Å²) in [6, 6.07) is 17.3. The van der Waals surface area contributed by atoms with Crippen LogP contribution in [-0.2, 0) is 17.8 Å². The van der Waals surface area contributed by atoms with Crippen LogP contribution in [0.25, 0.3) is 0 Å². The summed E-state index contributed by atoms with van der Waals surface area (Å²) in [4.78, 5) is 34.0. The van der Waals surface area contributed by atoms with Gasteiger partial charge in [0.15, 0.2) is 5.13 Å². The Labute approximate surface area is 180 Å². The third kappa shape index (κ3) is 4.58. The molecule has 0 spiro atoms. The number of thiazole rings is 1. The van der Waals surface area contributed by atoms with E-state index in [4.69, 9.17) is 0 Å².